The lowest BCUT2D eigenvalue weighted by Crippen LogP contribution is -2.16. The van der Waals surface area contributed by atoms with Gasteiger partial charge in [-0.15, -0.1) is 11.8 Å². The summed E-state index contributed by atoms with van der Waals surface area (Å²) in [6.45, 7) is 0.586. The van der Waals surface area contributed by atoms with Crippen LogP contribution in [0.3, 0.4) is 0 Å². The Morgan fingerprint density at radius 1 is 1.37 bits per heavy atom. The van der Waals surface area contributed by atoms with Crippen molar-refractivity contribution in [2.75, 3.05) is 7.05 Å². The lowest BCUT2D eigenvalue weighted by molar-refractivity contribution is 0.773. The third-order valence-electron chi connectivity index (χ3n) is 2.39. The van der Waals surface area contributed by atoms with Crippen LogP contribution in [0.25, 0.3) is 0 Å². The second-order valence-corrected chi connectivity index (χ2v) is 5.44. The number of nitrogens with one attached hydrogen (secondary N) is 2. The van der Waals surface area contributed by atoms with Crippen LogP contribution in [0.1, 0.15) is 11.5 Å². The van der Waals surface area contributed by atoms with Gasteiger partial charge >= 0.3 is 0 Å². The number of aromatic nitrogens is 2. The molecule has 2 rings (SSSR count). The van der Waals surface area contributed by atoms with Crippen LogP contribution in [0, 0.1) is 0 Å². The largest absolute Gasteiger partial charge is 0.314 e. The maximum Gasteiger partial charge on any atom is 0.251 e. The molecule has 0 aliphatic heterocycles. The summed E-state index contributed by atoms with van der Waals surface area (Å²) in [7, 11) is 1.82. The summed E-state index contributed by atoms with van der Waals surface area (Å²) in [4.78, 5) is 19.7. The van der Waals surface area contributed by atoms with Crippen LogP contribution in [0.5, 0.6) is 0 Å². The van der Waals surface area contributed by atoms with Crippen LogP contribution in [-0.2, 0) is 12.3 Å². The second-order valence-electron chi connectivity index (χ2n) is 3.96. The number of aromatic amines is 1. The van der Waals surface area contributed by atoms with Crippen LogP contribution in [-0.4, -0.2) is 17.0 Å². The molecule has 0 amide bonds. The van der Waals surface area contributed by atoms with Gasteiger partial charge < -0.3 is 10.3 Å². The first kappa shape index (κ1) is 14.1. The van der Waals surface area contributed by atoms with Crippen molar-refractivity contribution in [3.8, 4) is 0 Å². The number of nitrogens with zero attached hydrogens (tertiary/aromatic N) is 1. The maximum atomic E-state index is 11.5. The van der Waals surface area contributed by atoms with E-state index in [0.717, 1.165) is 10.6 Å². The van der Waals surface area contributed by atoms with Crippen molar-refractivity contribution in [3.63, 3.8) is 0 Å². The predicted molar refractivity (Wildman–Crippen MR) is 78.6 cm³/mol. The molecule has 1 aromatic heterocycles. The van der Waals surface area contributed by atoms with E-state index in [4.69, 9.17) is 11.6 Å². The molecule has 0 radical (unpaired) electrons. The van der Waals surface area contributed by atoms with Crippen LogP contribution >= 0.6 is 23.4 Å². The van der Waals surface area contributed by atoms with E-state index in [1.54, 1.807) is 11.8 Å². The molecule has 0 bridgehead atoms. The minimum absolute atomic E-state index is 0.119. The van der Waals surface area contributed by atoms with Crippen LogP contribution in [0.15, 0.2) is 40.0 Å². The molecule has 2 N–H and O–H groups in total. The van der Waals surface area contributed by atoms with Gasteiger partial charge in [0.2, 0.25) is 0 Å². The van der Waals surface area contributed by atoms with Gasteiger partial charge in [0.25, 0.3) is 5.56 Å². The number of hydrogen-bond donors (Lipinski definition) is 2. The fourth-order valence-corrected chi connectivity index (χ4v) is 2.48. The fraction of sp³-hybridized carbons (Fsp3) is 0.231. The number of benzene rings is 1. The first-order valence-corrected chi connectivity index (χ1v) is 7.16. The van der Waals surface area contributed by atoms with Gasteiger partial charge in [0.05, 0.1) is 11.4 Å². The highest BCUT2D eigenvalue weighted by molar-refractivity contribution is 7.98. The van der Waals surface area contributed by atoms with E-state index in [-0.39, 0.29) is 5.56 Å². The molecule has 0 saturated heterocycles. The van der Waals surface area contributed by atoms with Crippen molar-refractivity contribution in [1.29, 1.82) is 0 Å². The highest BCUT2D eigenvalue weighted by Gasteiger charge is 2.02. The molecule has 0 aliphatic carbocycles. The zero-order valence-electron chi connectivity index (χ0n) is 10.4. The summed E-state index contributed by atoms with van der Waals surface area (Å²) < 4.78 is 0. The molecule has 0 spiro atoms. The fourth-order valence-electron chi connectivity index (χ4n) is 1.59. The molecule has 19 heavy (non-hydrogen) atoms. The van der Waals surface area contributed by atoms with E-state index in [9.17, 15) is 4.79 Å². The first-order valence-electron chi connectivity index (χ1n) is 5.79. The Bertz CT molecular complexity index is 598. The van der Waals surface area contributed by atoms with E-state index in [0.29, 0.717) is 23.1 Å². The summed E-state index contributed by atoms with van der Waals surface area (Å²) >= 11 is 7.44. The zero-order chi connectivity index (χ0) is 13.7. The maximum absolute atomic E-state index is 11.5. The SMILES string of the molecule is CNCc1cc(=O)[nH]c(CSc2ccc(Cl)cc2)n1. The summed E-state index contributed by atoms with van der Waals surface area (Å²) in [5.74, 6) is 1.30. The smallest absolute Gasteiger partial charge is 0.251 e. The molecule has 0 fully saturated rings. The van der Waals surface area contributed by atoms with Crippen molar-refractivity contribution >= 4 is 23.4 Å². The molecule has 4 nitrogen and oxygen atoms in total. The van der Waals surface area contributed by atoms with E-state index >= 15 is 0 Å². The molecule has 100 valence electrons. The van der Waals surface area contributed by atoms with Crippen molar-refractivity contribution < 1.29 is 0 Å². The van der Waals surface area contributed by atoms with Gasteiger partial charge in [-0.2, -0.15) is 0 Å². The summed E-state index contributed by atoms with van der Waals surface area (Å²) in [5.41, 5.74) is 0.630. The summed E-state index contributed by atoms with van der Waals surface area (Å²) in [6, 6.07) is 9.09. The highest BCUT2D eigenvalue weighted by atomic mass is 35.5. The lowest BCUT2D eigenvalue weighted by atomic mass is 10.4. The molecule has 0 aliphatic rings. The molecule has 0 atom stereocenters. The summed E-state index contributed by atoms with van der Waals surface area (Å²) in [6.07, 6.45) is 0. The highest BCUT2D eigenvalue weighted by Crippen LogP contribution is 2.22. The number of thioether (sulfide) groups is 1. The minimum Gasteiger partial charge on any atom is -0.314 e. The average Bonchev–Trinajstić information content (AvgIpc) is 2.38. The number of halogens is 1. The zero-order valence-corrected chi connectivity index (χ0v) is 12.0. The molecule has 2 aromatic rings. The quantitative estimate of drug-likeness (QED) is 0.832. The predicted octanol–water partition coefficient (Wildman–Crippen LogP) is 2.44. The van der Waals surface area contributed by atoms with Crippen molar-refractivity contribution in [3.05, 3.63) is 57.2 Å². The van der Waals surface area contributed by atoms with Crippen LogP contribution < -0.4 is 10.9 Å². The van der Waals surface area contributed by atoms with Gasteiger partial charge in [-0.1, -0.05) is 11.6 Å². The average molecular weight is 296 g/mol. The topological polar surface area (TPSA) is 57.8 Å². The summed E-state index contributed by atoms with van der Waals surface area (Å²) in [5, 5.41) is 3.70. The Balaban J connectivity index is 2.06. The third-order valence-corrected chi connectivity index (χ3v) is 3.67. The van der Waals surface area contributed by atoms with Crippen molar-refractivity contribution in [2.24, 2.45) is 0 Å². The molecule has 0 unspecified atom stereocenters. The van der Waals surface area contributed by atoms with Gasteiger partial charge in [0, 0.05) is 22.5 Å². The molecule has 0 saturated carbocycles. The Morgan fingerprint density at radius 2 is 2.11 bits per heavy atom. The number of rotatable bonds is 5. The van der Waals surface area contributed by atoms with Crippen molar-refractivity contribution in [2.45, 2.75) is 17.2 Å². The Hall–Kier alpha value is -1.30. The van der Waals surface area contributed by atoms with Gasteiger partial charge in [-0.3, -0.25) is 4.79 Å². The Morgan fingerprint density at radius 3 is 2.79 bits per heavy atom. The second kappa shape index (κ2) is 6.75. The van der Waals surface area contributed by atoms with Gasteiger partial charge in [-0.05, 0) is 31.3 Å². The van der Waals surface area contributed by atoms with E-state index < -0.39 is 0 Å². The van der Waals surface area contributed by atoms with E-state index in [1.807, 2.05) is 31.3 Å². The first-order chi connectivity index (χ1) is 9.17. The van der Waals surface area contributed by atoms with Gasteiger partial charge in [-0.25, -0.2) is 4.98 Å². The van der Waals surface area contributed by atoms with Crippen molar-refractivity contribution in [1.82, 2.24) is 15.3 Å². The van der Waals surface area contributed by atoms with Gasteiger partial charge in [0.1, 0.15) is 5.82 Å². The number of H-pyrrole nitrogens is 1. The number of hydrogen-bond acceptors (Lipinski definition) is 4. The van der Waals surface area contributed by atoms with Crippen LogP contribution in [0.2, 0.25) is 5.02 Å². The molecular weight excluding hydrogens is 282 g/mol. The lowest BCUT2D eigenvalue weighted by Gasteiger charge is -2.04. The monoisotopic (exact) mass is 295 g/mol. The molecule has 1 aromatic carbocycles. The van der Waals surface area contributed by atoms with E-state index in [2.05, 4.69) is 15.3 Å². The third kappa shape index (κ3) is 4.38. The molecule has 6 heteroatoms. The van der Waals surface area contributed by atoms with Gasteiger partial charge in [0.15, 0.2) is 0 Å². The Labute approximate surface area is 120 Å². The molecular formula is C13H14ClN3OS. The Kier molecular flexibility index (Phi) is 5.01. The minimum atomic E-state index is -0.119. The standard InChI is InChI=1S/C13H14ClN3OS/c1-15-7-10-6-13(18)17-12(16-10)8-19-11-4-2-9(14)3-5-11/h2-6,15H,7-8H2,1H3,(H,16,17,18). The molecule has 1 heterocycles. The normalized spacial score (nSPS) is 10.6. The van der Waals surface area contributed by atoms with Crippen LogP contribution in [0.4, 0.5) is 0 Å². The van der Waals surface area contributed by atoms with E-state index in [1.165, 1.54) is 6.07 Å².